The van der Waals surface area contributed by atoms with Crippen LogP contribution in [0.15, 0.2) is 11.0 Å². The average molecular weight is 144 g/mol. The predicted octanol–water partition coefficient (Wildman–Crippen LogP) is -0.850. The van der Waals surface area contributed by atoms with Gasteiger partial charge in [0.1, 0.15) is 7.85 Å². The Balaban J connectivity index is 2.52. The molecule has 1 heterocycles. The lowest BCUT2D eigenvalue weighted by molar-refractivity contribution is 0.0574. The molecule has 0 spiro atoms. The van der Waals surface area contributed by atoms with Crippen molar-refractivity contribution in [2.24, 2.45) is 0 Å². The minimum absolute atomic E-state index is 0.0500. The van der Waals surface area contributed by atoms with Crippen molar-refractivity contribution in [3.63, 3.8) is 0 Å². The van der Waals surface area contributed by atoms with Gasteiger partial charge in [0.25, 0.3) is 0 Å². The molecule has 1 aliphatic rings. The molecule has 0 radical (unpaired) electrons. The van der Waals surface area contributed by atoms with Crippen molar-refractivity contribution in [3.05, 3.63) is 11.0 Å². The minimum atomic E-state index is -0.132. The summed E-state index contributed by atoms with van der Waals surface area (Å²) >= 11 is 4.13. The maximum absolute atomic E-state index is 8.60. The normalized spacial score (nSPS) is 34.7. The zero-order valence-corrected chi connectivity index (χ0v) is 6.14. The number of aliphatic hydroxyl groups excluding tert-OH is 1. The first-order chi connectivity index (χ1) is 4.24. The van der Waals surface area contributed by atoms with Crippen LogP contribution in [0.5, 0.6) is 0 Å². The van der Waals surface area contributed by atoms with Crippen LogP contribution in [0.1, 0.15) is 0 Å². The van der Waals surface area contributed by atoms with Gasteiger partial charge in [-0.2, -0.15) is 0 Å². The van der Waals surface area contributed by atoms with E-state index in [9.17, 15) is 0 Å². The minimum Gasteiger partial charge on any atom is -0.393 e. The molecule has 1 aliphatic heterocycles. The second-order valence-corrected chi connectivity index (χ2v) is 2.61. The molecule has 50 valence electrons. The summed E-state index contributed by atoms with van der Waals surface area (Å²) in [7, 11) is 1.91. The second kappa shape index (κ2) is 2.77. The summed E-state index contributed by atoms with van der Waals surface area (Å²) < 4.78 is 5.20. The van der Waals surface area contributed by atoms with Crippen LogP contribution in [-0.4, -0.2) is 31.7 Å². The van der Waals surface area contributed by atoms with Gasteiger partial charge in [-0.1, -0.05) is 0 Å². The third-order valence-electron chi connectivity index (χ3n) is 1.33. The summed E-state index contributed by atoms with van der Waals surface area (Å²) in [6.07, 6.45) is 1.70. The third-order valence-corrected chi connectivity index (χ3v) is 1.84. The van der Waals surface area contributed by atoms with Crippen molar-refractivity contribution >= 4 is 20.5 Å². The Morgan fingerprint density at radius 3 is 2.78 bits per heavy atom. The SMILES string of the molecule is B[C@@H]1O[C@H](CO)C=C1S. The molecule has 0 aromatic rings. The van der Waals surface area contributed by atoms with Crippen molar-refractivity contribution in [3.8, 4) is 0 Å². The van der Waals surface area contributed by atoms with Crippen molar-refractivity contribution in [2.45, 2.75) is 12.1 Å². The summed E-state index contributed by atoms with van der Waals surface area (Å²) in [5, 5.41) is 8.60. The van der Waals surface area contributed by atoms with Gasteiger partial charge in [-0.05, 0) is 6.08 Å². The first-order valence-corrected chi connectivity index (χ1v) is 3.35. The van der Waals surface area contributed by atoms with Crippen molar-refractivity contribution in [1.29, 1.82) is 0 Å². The lowest BCUT2D eigenvalue weighted by Gasteiger charge is -2.06. The van der Waals surface area contributed by atoms with Gasteiger partial charge >= 0.3 is 0 Å². The first kappa shape index (κ1) is 7.19. The van der Waals surface area contributed by atoms with Gasteiger partial charge in [0, 0.05) is 4.91 Å². The van der Waals surface area contributed by atoms with E-state index in [1.807, 2.05) is 13.9 Å². The fourth-order valence-electron chi connectivity index (χ4n) is 0.793. The Morgan fingerprint density at radius 2 is 2.56 bits per heavy atom. The molecular formula is C5H9BO2S. The molecule has 0 aromatic carbocycles. The fourth-order valence-corrected chi connectivity index (χ4v) is 1.02. The van der Waals surface area contributed by atoms with E-state index in [0.717, 1.165) is 4.91 Å². The highest BCUT2D eigenvalue weighted by Gasteiger charge is 2.19. The molecule has 0 saturated heterocycles. The number of aliphatic hydroxyl groups is 1. The van der Waals surface area contributed by atoms with Crippen LogP contribution in [0.4, 0.5) is 0 Å². The summed E-state index contributed by atoms with van der Waals surface area (Å²) in [6, 6.07) is 0.0606. The van der Waals surface area contributed by atoms with Crippen LogP contribution >= 0.6 is 12.6 Å². The van der Waals surface area contributed by atoms with E-state index < -0.39 is 0 Å². The van der Waals surface area contributed by atoms with E-state index in [2.05, 4.69) is 12.6 Å². The largest absolute Gasteiger partial charge is 0.393 e. The third kappa shape index (κ3) is 1.50. The standard InChI is InChI=1S/C5H9BO2S/c6-5-4(9)1-3(2-7)8-5/h1,3,5,7,9H,2,6H2/t3-,5+/m0/s1. The van der Waals surface area contributed by atoms with Crippen molar-refractivity contribution in [2.75, 3.05) is 6.61 Å². The zero-order valence-electron chi connectivity index (χ0n) is 5.24. The molecule has 1 rings (SSSR count). The lowest BCUT2D eigenvalue weighted by Crippen LogP contribution is -2.15. The number of thiol groups is 1. The maximum atomic E-state index is 8.60. The van der Waals surface area contributed by atoms with Crippen molar-refractivity contribution in [1.82, 2.24) is 0 Å². The van der Waals surface area contributed by atoms with Crippen LogP contribution in [0, 0.1) is 0 Å². The molecule has 0 saturated carbocycles. The molecule has 9 heavy (non-hydrogen) atoms. The monoisotopic (exact) mass is 144 g/mol. The van der Waals surface area contributed by atoms with Crippen LogP contribution < -0.4 is 0 Å². The maximum Gasteiger partial charge on any atom is 0.145 e. The molecule has 0 unspecified atom stereocenters. The highest BCUT2D eigenvalue weighted by atomic mass is 32.1. The number of hydrogen-bond donors (Lipinski definition) is 2. The van der Waals surface area contributed by atoms with Gasteiger partial charge in [-0.15, -0.1) is 12.6 Å². The Hall–Kier alpha value is 0.0749. The van der Waals surface area contributed by atoms with Crippen LogP contribution in [0.3, 0.4) is 0 Å². The topological polar surface area (TPSA) is 29.5 Å². The van der Waals surface area contributed by atoms with E-state index in [1.54, 1.807) is 0 Å². The van der Waals surface area contributed by atoms with Gasteiger partial charge in [0.2, 0.25) is 0 Å². The second-order valence-electron chi connectivity index (χ2n) is 2.09. The number of ether oxygens (including phenoxy) is 1. The van der Waals surface area contributed by atoms with Crippen LogP contribution in [0.2, 0.25) is 0 Å². The molecule has 0 amide bonds. The molecule has 0 aliphatic carbocycles. The molecule has 0 aromatic heterocycles. The molecule has 2 atom stereocenters. The Labute approximate surface area is 60.7 Å². The molecule has 0 fully saturated rings. The predicted molar refractivity (Wildman–Crippen MR) is 41.4 cm³/mol. The highest BCUT2D eigenvalue weighted by molar-refractivity contribution is 7.84. The average Bonchev–Trinajstić information content (AvgIpc) is 2.13. The van der Waals surface area contributed by atoms with E-state index in [4.69, 9.17) is 9.84 Å². The van der Waals surface area contributed by atoms with Crippen LogP contribution in [-0.2, 0) is 4.74 Å². The molecule has 0 bridgehead atoms. The van der Waals surface area contributed by atoms with Gasteiger partial charge < -0.3 is 9.84 Å². The summed E-state index contributed by atoms with van der Waals surface area (Å²) in [6.45, 7) is 0.0500. The number of rotatable bonds is 1. The molecule has 1 N–H and O–H groups in total. The van der Waals surface area contributed by atoms with Gasteiger partial charge in [-0.25, -0.2) is 0 Å². The molecular weight excluding hydrogens is 135 g/mol. The van der Waals surface area contributed by atoms with E-state index in [1.165, 1.54) is 0 Å². The van der Waals surface area contributed by atoms with E-state index in [0.29, 0.717) is 0 Å². The van der Waals surface area contributed by atoms with E-state index >= 15 is 0 Å². The van der Waals surface area contributed by atoms with Gasteiger partial charge in [0.05, 0.1) is 18.7 Å². The smallest absolute Gasteiger partial charge is 0.145 e. The van der Waals surface area contributed by atoms with Gasteiger partial charge in [0.15, 0.2) is 0 Å². The molecule has 4 heteroatoms. The Bertz CT molecular complexity index is 137. The Morgan fingerprint density at radius 1 is 1.89 bits per heavy atom. The zero-order chi connectivity index (χ0) is 6.85. The summed E-state index contributed by atoms with van der Waals surface area (Å²) in [5.41, 5.74) is 0. The lowest BCUT2D eigenvalue weighted by atomic mass is 10.0. The van der Waals surface area contributed by atoms with Gasteiger partial charge in [-0.3, -0.25) is 0 Å². The highest BCUT2D eigenvalue weighted by Crippen LogP contribution is 2.19. The van der Waals surface area contributed by atoms with Crippen LogP contribution in [0.25, 0.3) is 0 Å². The van der Waals surface area contributed by atoms with E-state index in [-0.39, 0.29) is 18.7 Å². The molecule has 2 nitrogen and oxygen atoms in total. The summed E-state index contributed by atoms with van der Waals surface area (Å²) in [4.78, 5) is 0.911. The summed E-state index contributed by atoms with van der Waals surface area (Å²) in [5.74, 6) is 0. The quantitative estimate of drug-likeness (QED) is 0.370. The number of hydrogen-bond acceptors (Lipinski definition) is 3. The van der Waals surface area contributed by atoms with Crippen molar-refractivity contribution < 1.29 is 9.84 Å². The Kier molecular flexibility index (Phi) is 2.21. The fraction of sp³-hybridized carbons (Fsp3) is 0.600. The first-order valence-electron chi connectivity index (χ1n) is 2.91.